The fourth-order valence-electron chi connectivity index (χ4n) is 3.68. The van der Waals surface area contributed by atoms with Gasteiger partial charge in [-0.15, -0.1) is 0 Å². The number of aromatic nitrogens is 2. The lowest BCUT2D eigenvalue weighted by molar-refractivity contribution is -0.137. The van der Waals surface area contributed by atoms with Crippen LogP contribution in [0.1, 0.15) is 34.1 Å². The third-order valence-electron chi connectivity index (χ3n) is 5.44. The Labute approximate surface area is 199 Å². The van der Waals surface area contributed by atoms with Crippen molar-refractivity contribution in [3.8, 4) is 17.2 Å². The molecule has 0 radical (unpaired) electrons. The van der Waals surface area contributed by atoms with Gasteiger partial charge in [0.15, 0.2) is 0 Å². The quantitative estimate of drug-likeness (QED) is 0.300. The smallest absolute Gasteiger partial charge is 0.362 e. The summed E-state index contributed by atoms with van der Waals surface area (Å²) in [4.78, 5) is 4.17. The molecule has 0 aliphatic rings. The monoisotopic (exact) mass is 481 g/mol. The standard InChI is InChI=1S/C26H19ClF3N3O/c1-33-16-32-14-24(33)25(18-7-5-17(13-31)6-8-18)34-15-20-9-10-22(27)12-23(20)19-3-2-4-21(11-19)26(28,29)30/h2-12,14,16,25H,15H2,1H3. The van der Waals surface area contributed by atoms with Crippen molar-refractivity contribution < 1.29 is 17.9 Å². The molecule has 0 fully saturated rings. The van der Waals surface area contributed by atoms with Crippen LogP contribution in [0.3, 0.4) is 0 Å². The molecule has 0 spiro atoms. The van der Waals surface area contributed by atoms with Gasteiger partial charge in [-0.2, -0.15) is 18.4 Å². The molecule has 1 unspecified atom stereocenters. The fourth-order valence-corrected chi connectivity index (χ4v) is 3.86. The minimum absolute atomic E-state index is 0.110. The molecule has 0 N–H and O–H groups in total. The van der Waals surface area contributed by atoms with E-state index >= 15 is 0 Å². The van der Waals surface area contributed by atoms with Crippen LogP contribution in [0.5, 0.6) is 0 Å². The number of halogens is 4. The van der Waals surface area contributed by atoms with Crippen molar-refractivity contribution in [3.05, 3.63) is 112 Å². The molecule has 1 atom stereocenters. The van der Waals surface area contributed by atoms with E-state index in [0.717, 1.165) is 23.4 Å². The third kappa shape index (κ3) is 5.14. The molecule has 1 heterocycles. The maximum Gasteiger partial charge on any atom is 0.416 e. The molecule has 0 bridgehead atoms. The number of nitriles is 1. The molecule has 1 aromatic heterocycles. The third-order valence-corrected chi connectivity index (χ3v) is 5.68. The van der Waals surface area contributed by atoms with Gasteiger partial charge in [0.1, 0.15) is 6.10 Å². The number of nitrogens with zero attached hydrogens (tertiary/aromatic N) is 3. The van der Waals surface area contributed by atoms with E-state index in [0.29, 0.717) is 27.3 Å². The first kappa shape index (κ1) is 23.6. The molecule has 8 heteroatoms. The Morgan fingerprint density at radius 2 is 1.85 bits per heavy atom. The molecule has 0 saturated carbocycles. The lowest BCUT2D eigenvalue weighted by Crippen LogP contribution is -2.11. The van der Waals surface area contributed by atoms with Crippen molar-refractivity contribution >= 4 is 11.6 Å². The van der Waals surface area contributed by atoms with Gasteiger partial charge in [0, 0.05) is 12.1 Å². The summed E-state index contributed by atoms with van der Waals surface area (Å²) in [6.07, 6.45) is -1.61. The molecule has 0 amide bonds. The molecule has 4 aromatic rings. The number of aryl methyl sites for hydroxylation is 1. The molecule has 172 valence electrons. The fraction of sp³-hybridized carbons (Fsp3) is 0.154. The SMILES string of the molecule is Cn1cncc1C(OCc1ccc(Cl)cc1-c1cccc(C(F)(F)F)c1)c1ccc(C#N)cc1. The van der Waals surface area contributed by atoms with Gasteiger partial charge in [0.2, 0.25) is 0 Å². The van der Waals surface area contributed by atoms with Crippen LogP contribution in [0.25, 0.3) is 11.1 Å². The van der Waals surface area contributed by atoms with E-state index in [4.69, 9.17) is 21.6 Å². The Balaban J connectivity index is 1.69. The minimum Gasteiger partial charge on any atom is -0.362 e. The number of benzene rings is 3. The van der Waals surface area contributed by atoms with Crippen molar-refractivity contribution in [3.63, 3.8) is 0 Å². The highest BCUT2D eigenvalue weighted by atomic mass is 35.5. The zero-order chi connectivity index (χ0) is 24.3. The molecule has 0 saturated heterocycles. The van der Waals surface area contributed by atoms with Gasteiger partial charge in [-0.1, -0.05) is 41.9 Å². The van der Waals surface area contributed by atoms with Gasteiger partial charge in [-0.25, -0.2) is 4.98 Å². The lowest BCUT2D eigenvalue weighted by atomic mass is 9.98. The van der Waals surface area contributed by atoms with E-state index in [2.05, 4.69) is 11.1 Å². The van der Waals surface area contributed by atoms with Crippen molar-refractivity contribution in [1.29, 1.82) is 5.26 Å². The summed E-state index contributed by atoms with van der Waals surface area (Å²) < 4.78 is 48.0. The van der Waals surface area contributed by atoms with E-state index < -0.39 is 17.8 Å². The average Bonchev–Trinajstić information content (AvgIpc) is 3.25. The molecular formula is C26H19ClF3N3O. The van der Waals surface area contributed by atoms with Gasteiger partial charge in [0.25, 0.3) is 0 Å². The first-order chi connectivity index (χ1) is 16.3. The summed E-state index contributed by atoms with van der Waals surface area (Å²) in [5, 5.41) is 9.51. The maximum absolute atomic E-state index is 13.3. The topological polar surface area (TPSA) is 50.8 Å². The molecule has 0 aliphatic carbocycles. The number of rotatable bonds is 6. The number of alkyl halides is 3. The second-order valence-electron chi connectivity index (χ2n) is 7.73. The number of hydrogen-bond acceptors (Lipinski definition) is 3. The summed E-state index contributed by atoms with van der Waals surface area (Å²) in [5.41, 5.74) is 3.04. The minimum atomic E-state index is -4.45. The Morgan fingerprint density at radius 3 is 2.50 bits per heavy atom. The predicted molar refractivity (Wildman–Crippen MR) is 123 cm³/mol. The zero-order valence-electron chi connectivity index (χ0n) is 18.1. The summed E-state index contributed by atoms with van der Waals surface area (Å²) in [6.45, 7) is 0.110. The maximum atomic E-state index is 13.3. The molecule has 0 aliphatic heterocycles. The van der Waals surface area contributed by atoms with Crippen LogP contribution in [0.2, 0.25) is 5.02 Å². The largest absolute Gasteiger partial charge is 0.416 e. The van der Waals surface area contributed by atoms with Crippen LogP contribution in [0, 0.1) is 11.3 Å². The van der Waals surface area contributed by atoms with Gasteiger partial charge in [0.05, 0.1) is 42.0 Å². The second kappa shape index (κ2) is 9.72. The summed E-state index contributed by atoms with van der Waals surface area (Å²) >= 11 is 6.18. The van der Waals surface area contributed by atoms with Crippen LogP contribution in [-0.4, -0.2) is 9.55 Å². The van der Waals surface area contributed by atoms with Crippen LogP contribution >= 0.6 is 11.6 Å². The first-order valence-corrected chi connectivity index (χ1v) is 10.7. The van der Waals surface area contributed by atoms with Gasteiger partial charge in [-0.3, -0.25) is 0 Å². The van der Waals surface area contributed by atoms with E-state index in [9.17, 15) is 13.2 Å². The van der Waals surface area contributed by atoms with Gasteiger partial charge < -0.3 is 9.30 Å². The van der Waals surface area contributed by atoms with E-state index in [-0.39, 0.29) is 6.61 Å². The van der Waals surface area contributed by atoms with Crippen molar-refractivity contribution in [2.45, 2.75) is 18.9 Å². The molecule has 4 nitrogen and oxygen atoms in total. The normalized spacial score (nSPS) is 12.4. The molecule has 4 rings (SSSR count). The van der Waals surface area contributed by atoms with Gasteiger partial charge in [-0.05, 0) is 58.7 Å². The highest BCUT2D eigenvalue weighted by molar-refractivity contribution is 6.30. The van der Waals surface area contributed by atoms with Crippen LogP contribution in [-0.2, 0) is 24.6 Å². The van der Waals surface area contributed by atoms with E-state index in [1.54, 1.807) is 48.9 Å². The van der Waals surface area contributed by atoms with Crippen LogP contribution < -0.4 is 0 Å². The Hall–Kier alpha value is -3.60. The summed E-state index contributed by atoms with van der Waals surface area (Å²) in [6, 6.07) is 19.3. The highest BCUT2D eigenvalue weighted by Crippen LogP contribution is 2.35. The number of ether oxygens (including phenoxy) is 1. The number of hydrogen-bond donors (Lipinski definition) is 0. The van der Waals surface area contributed by atoms with Crippen molar-refractivity contribution in [1.82, 2.24) is 9.55 Å². The summed E-state index contributed by atoms with van der Waals surface area (Å²) in [7, 11) is 1.85. The highest BCUT2D eigenvalue weighted by Gasteiger charge is 2.30. The molecular weight excluding hydrogens is 463 g/mol. The van der Waals surface area contributed by atoms with E-state index in [1.807, 2.05) is 23.7 Å². The number of imidazole rings is 1. The van der Waals surface area contributed by atoms with Gasteiger partial charge >= 0.3 is 6.18 Å². The Kier molecular flexibility index (Phi) is 6.73. The first-order valence-electron chi connectivity index (χ1n) is 10.3. The van der Waals surface area contributed by atoms with Crippen molar-refractivity contribution in [2.75, 3.05) is 0 Å². The second-order valence-corrected chi connectivity index (χ2v) is 8.17. The zero-order valence-corrected chi connectivity index (χ0v) is 18.8. The van der Waals surface area contributed by atoms with Crippen LogP contribution in [0.4, 0.5) is 13.2 Å². The lowest BCUT2D eigenvalue weighted by Gasteiger charge is -2.20. The predicted octanol–water partition coefficient (Wildman–Crippen LogP) is 6.94. The van der Waals surface area contributed by atoms with E-state index in [1.165, 1.54) is 6.07 Å². The summed E-state index contributed by atoms with van der Waals surface area (Å²) in [5.74, 6) is 0. The molecule has 3 aromatic carbocycles. The van der Waals surface area contributed by atoms with Crippen molar-refractivity contribution in [2.24, 2.45) is 7.05 Å². The Morgan fingerprint density at radius 1 is 1.09 bits per heavy atom. The van der Waals surface area contributed by atoms with Crippen LogP contribution in [0.15, 0.2) is 79.3 Å². The molecule has 34 heavy (non-hydrogen) atoms. The average molecular weight is 482 g/mol. The Bertz CT molecular complexity index is 1340.